The van der Waals surface area contributed by atoms with Crippen LogP contribution in [0.1, 0.15) is 30.1 Å². The van der Waals surface area contributed by atoms with Crippen molar-refractivity contribution < 1.29 is 14.0 Å². The van der Waals surface area contributed by atoms with Crippen molar-refractivity contribution in [2.24, 2.45) is 17.4 Å². The summed E-state index contributed by atoms with van der Waals surface area (Å²) in [4.78, 5) is 22.9. The van der Waals surface area contributed by atoms with Gasteiger partial charge in [-0.15, -0.1) is 0 Å². The SMILES string of the molecule is CCCC(CN)C(=O)Nc1ccc(F)c(C(N)=O)c1. The second-order valence-electron chi connectivity index (χ2n) is 4.27. The van der Waals surface area contributed by atoms with Gasteiger partial charge in [0.05, 0.1) is 11.5 Å². The van der Waals surface area contributed by atoms with Gasteiger partial charge >= 0.3 is 0 Å². The molecular weight excluding hydrogens is 249 g/mol. The fourth-order valence-corrected chi connectivity index (χ4v) is 1.74. The topological polar surface area (TPSA) is 98.2 Å². The molecule has 1 atom stereocenters. The first-order chi connectivity index (χ1) is 8.99. The summed E-state index contributed by atoms with van der Waals surface area (Å²) in [6, 6.07) is 3.68. The molecule has 2 amide bonds. The van der Waals surface area contributed by atoms with E-state index in [0.29, 0.717) is 12.1 Å². The zero-order chi connectivity index (χ0) is 14.4. The van der Waals surface area contributed by atoms with Gasteiger partial charge in [-0.05, 0) is 24.6 Å². The summed E-state index contributed by atoms with van der Waals surface area (Å²) in [6.45, 7) is 2.20. The first-order valence-corrected chi connectivity index (χ1v) is 6.09. The van der Waals surface area contributed by atoms with E-state index in [1.807, 2.05) is 6.92 Å². The van der Waals surface area contributed by atoms with E-state index in [0.717, 1.165) is 12.5 Å². The number of hydrogen-bond acceptors (Lipinski definition) is 3. The Labute approximate surface area is 111 Å². The number of carbonyl (C=O) groups excluding carboxylic acids is 2. The minimum Gasteiger partial charge on any atom is -0.366 e. The Hall–Kier alpha value is -1.95. The van der Waals surface area contributed by atoms with E-state index in [1.165, 1.54) is 12.1 Å². The molecule has 1 aromatic rings. The Morgan fingerprint density at radius 2 is 2.11 bits per heavy atom. The van der Waals surface area contributed by atoms with Crippen LogP contribution in [-0.4, -0.2) is 18.4 Å². The molecule has 104 valence electrons. The third-order valence-electron chi connectivity index (χ3n) is 2.79. The zero-order valence-electron chi connectivity index (χ0n) is 10.8. The number of hydrogen-bond donors (Lipinski definition) is 3. The van der Waals surface area contributed by atoms with Crippen LogP contribution >= 0.6 is 0 Å². The molecule has 0 bridgehead atoms. The number of benzene rings is 1. The van der Waals surface area contributed by atoms with Crippen molar-refractivity contribution in [2.75, 3.05) is 11.9 Å². The standard InChI is InChI=1S/C13H18FN3O2/c1-2-3-8(7-15)13(19)17-9-4-5-11(14)10(6-9)12(16)18/h4-6,8H,2-3,7,15H2,1H3,(H2,16,18)(H,17,19). The highest BCUT2D eigenvalue weighted by atomic mass is 19.1. The minimum atomic E-state index is -0.877. The molecule has 0 radical (unpaired) electrons. The molecule has 1 rings (SSSR count). The molecule has 0 aromatic heterocycles. The van der Waals surface area contributed by atoms with Crippen molar-refractivity contribution in [3.63, 3.8) is 0 Å². The van der Waals surface area contributed by atoms with Gasteiger partial charge in [-0.1, -0.05) is 13.3 Å². The van der Waals surface area contributed by atoms with E-state index in [9.17, 15) is 14.0 Å². The molecule has 5 nitrogen and oxygen atoms in total. The number of anilines is 1. The lowest BCUT2D eigenvalue weighted by Crippen LogP contribution is -2.29. The van der Waals surface area contributed by atoms with Crippen LogP contribution in [0.3, 0.4) is 0 Å². The Morgan fingerprint density at radius 1 is 1.42 bits per heavy atom. The minimum absolute atomic E-state index is 0.240. The maximum absolute atomic E-state index is 13.3. The lowest BCUT2D eigenvalue weighted by Gasteiger charge is -2.14. The Balaban J connectivity index is 2.85. The summed E-state index contributed by atoms with van der Waals surface area (Å²) in [7, 11) is 0. The first-order valence-electron chi connectivity index (χ1n) is 6.09. The zero-order valence-corrected chi connectivity index (χ0v) is 10.8. The van der Waals surface area contributed by atoms with Gasteiger partial charge in [-0.3, -0.25) is 9.59 Å². The molecule has 0 saturated heterocycles. The van der Waals surface area contributed by atoms with Crippen molar-refractivity contribution in [1.82, 2.24) is 0 Å². The Morgan fingerprint density at radius 3 is 2.63 bits per heavy atom. The number of carbonyl (C=O) groups is 2. The van der Waals surface area contributed by atoms with E-state index in [-0.39, 0.29) is 23.9 Å². The highest BCUT2D eigenvalue weighted by Gasteiger charge is 2.17. The number of rotatable bonds is 6. The third-order valence-corrected chi connectivity index (χ3v) is 2.79. The second kappa shape index (κ2) is 6.84. The molecule has 6 heteroatoms. The normalized spacial score (nSPS) is 11.9. The number of primary amides is 1. The summed E-state index contributed by atoms with van der Waals surface area (Å²) in [5.74, 6) is -2.13. The number of amides is 2. The van der Waals surface area contributed by atoms with Gasteiger partial charge in [0.2, 0.25) is 5.91 Å². The summed E-state index contributed by atoms with van der Waals surface area (Å²) in [5, 5.41) is 2.61. The van der Waals surface area contributed by atoms with Gasteiger partial charge < -0.3 is 16.8 Å². The predicted molar refractivity (Wildman–Crippen MR) is 71.0 cm³/mol. The van der Waals surface area contributed by atoms with Gasteiger partial charge in [-0.2, -0.15) is 0 Å². The second-order valence-corrected chi connectivity index (χ2v) is 4.27. The van der Waals surface area contributed by atoms with Crippen LogP contribution in [0.5, 0.6) is 0 Å². The van der Waals surface area contributed by atoms with Crippen LogP contribution in [0.25, 0.3) is 0 Å². The lowest BCUT2D eigenvalue weighted by molar-refractivity contribution is -0.119. The van der Waals surface area contributed by atoms with E-state index in [1.54, 1.807) is 0 Å². The smallest absolute Gasteiger partial charge is 0.251 e. The molecule has 5 N–H and O–H groups in total. The predicted octanol–water partition coefficient (Wildman–Crippen LogP) is 1.24. The molecule has 0 spiro atoms. The fraction of sp³-hybridized carbons (Fsp3) is 0.385. The molecule has 1 aromatic carbocycles. The van der Waals surface area contributed by atoms with E-state index < -0.39 is 11.7 Å². The van der Waals surface area contributed by atoms with Crippen molar-refractivity contribution in [3.8, 4) is 0 Å². The summed E-state index contributed by atoms with van der Waals surface area (Å²) >= 11 is 0. The highest BCUT2D eigenvalue weighted by Crippen LogP contribution is 2.16. The van der Waals surface area contributed by atoms with Crippen LogP contribution in [0, 0.1) is 11.7 Å². The average Bonchev–Trinajstić information content (AvgIpc) is 2.37. The molecule has 0 heterocycles. The fourth-order valence-electron chi connectivity index (χ4n) is 1.74. The monoisotopic (exact) mass is 267 g/mol. The summed E-state index contributed by atoms with van der Waals surface area (Å²) < 4.78 is 13.3. The van der Waals surface area contributed by atoms with Crippen LogP contribution in [0.15, 0.2) is 18.2 Å². The molecule has 0 saturated carbocycles. The van der Waals surface area contributed by atoms with Crippen LogP contribution in [-0.2, 0) is 4.79 Å². The highest BCUT2D eigenvalue weighted by molar-refractivity contribution is 5.97. The maximum Gasteiger partial charge on any atom is 0.251 e. The largest absolute Gasteiger partial charge is 0.366 e. The molecule has 0 fully saturated rings. The Kier molecular flexibility index (Phi) is 5.44. The van der Waals surface area contributed by atoms with Gasteiger partial charge in [0.15, 0.2) is 0 Å². The van der Waals surface area contributed by atoms with Crippen LogP contribution in [0.2, 0.25) is 0 Å². The molecule has 1 unspecified atom stereocenters. The van der Waals surface area contributed by atoms with Crippen molar-refractivity contribution in [1.29, 1.82) is 0 Å². The van der Waals surface area contributed by atoms with E-state index in [4.69, 9.17) is 11.5 Å². The first kappa shape index (κ1) is 15.1. The van der Waals surface area contributed by atoms with Crippen LogP contribution < -0.4 is 16.8 Å². The van der Waals surface area contributed by atoms with Crippen molar-refractivity contribution in [3.05, 3.63) is 29.6 Å². The summed E-state index contributed by atoms with van der Waals surface area (Å²) in [5.41, 5.74) is 10.6. The third kappa shape index (κ3) is 4.03. The van der Waals surface area contributed by atoms with E-state index in [2.05, 4.69) is 5.32 Å². The number of nitrogens with two attached hydrogens (primary N) is 2. The maximum atomic E-state index is 13.3. The van der Waals surface area contributed by atoms with Crippen molar-refractivity contribution >= 4 is 17.5 Å². The molecular formula is C13H18FN3O2. The molecule has 0 aliphatic rings. The Bertz CT molecular complexity index is 477. The number of nitrogens with one attached hydrogen (secondary N) is 1. The quantitative estimate of drug-likeness (QED) is 0.723. The van der Waals surface area contributed by atoms with Crippen molar-refractivity contribution in [2.45, 2.75) is 19.8 Å². The van der Waals surface area contributed by atoms with Crippen LogP contribution in [0.4, 0.5) is 10.1 Å². The summed E-state index contributed by atoms with van der Waals surface area (Å²) in [6.07, 6.45) is 1.51. The molecule has 0 aliphatic carbocycles. The van der Waals surface area contributed by atoms with Gasteiger partial charge in [0.1, 0.15) is 5.82 Å². The van der Waals surface area contributed by atoms with Gasteiger partial charge in [0, 0.05) is 12.2 Å². The van der Waals surface area contributed by atoms with Gasteiger partial charge in [0.25, 0.3) is 5.91 Å². The molecule has 0 aliphatic heterocycles. The molecule has 19 heavy (non-hydrogen) atoms. The van der Waals surface area contributed by atoms with Gasteiger partial charge in [-0.25, -0.2) is 4.39 Å². The van der Waals surface area contributed by atoms with E-state index >= 15 is 0 Å². The average molecular weight is 267 g/mol. The number of halogens is 1. The lowest BCUT2D eigenvalue weighted by atomic mass is 10.0.